The molecule has 1 N–H and O–H groups in total. The molecule has 0 saturated heterocycles. The summed E-state index contributed by atoms with van der Waals surface area (Å²) < 4.78 is 5.37. The highest BCUT2D eigenvalue weighted by Crippen LogP contribution is 2.47. The molecule has 0 bridgehead atoms. The number of hydrogen-bond donors (Lipinski definition) is 1. The van der Waals surface area contributed by atoms with Crippen molar-refractivity contribution in [2.45, 2.75) is 38.7 Å². The van der Waals surface area contributed by atoms with Gasteiger partial charge in [-0.05, 0) is 38.5 Å². The Bertz CT molecular complexity index is 759. The predicted octanol–water partition coefficient (Wildman–Crippen LogP) is 2.69. The van der Waals surface area contributed by atoms with Gasteiger partial charge >= 0.3 is 0 Å². The Balaban J connectivity index is 2.17. The van der Waals surface area contributed by atoms with Crippen LogP contribution in [0.2, 0.25) is 0 Å². The molecule has 0 aliphatic heterocycles. The fourth-order valence-electron chi connectivity index (χ4n) is 3.94. The molecular weight excluding hydrogens is 304 g/mol. The van der Waals surface area contributed by atoms with Crippen LogP contribution in [0.1, 0.15) is 42.3 Å². The monoisotopic (exact) mass is 328 g/mol. The normalized spacial score (nSPS) is 26.1. The van der Waals surface area contributed by atoms with Crippen molar-refractivity contribution in [3.63, 3.8) is 0 Å². The summed E-state index contributed by atoms with van der Waals surface area (Å²) in [6.45, 7) is 5.13. The molecule has 3 rings (SSSR count). The van der Waals surface area contributed by atoms with Crippen molar-refractivity contribution >= 4 is 11.5 Å². The number of fused-ring (bicyclic) bond motifs is 1. The highest BCUT2D eigenvalue weighted by molar-refractivity contribution is 5.82. The molecule has 5 heteroatoms. The summed E-state index contributed by atoms with van der Waals surface area (Å²) in [7, 11) is 3.97. The molecule has 0 saturated carbocycles. The minimum atomic E-state index is -1.15. The molecule has 1 aromatic carbocycles. The van der Waals surface area contributed by atoms with Gasteiger partial charge in [0.1, 0.15) is 11.5 Å². The molecule has 1 aliphatic carbocycles. The van der Waals surface area contributed by atoms with E-state index in [1.807, 2.05) is 50.2 Å². The number of ketones is 1. The number of Topliss-reactive ketones (excluding diaryl/α,β-unsaturated/α-hetero) is 1. The van der Waals surface area contributed by atoms with Gasteiger partial charge in [0.25, 0.3) is 0 Å². The van der Waals surface area contributed by atoms with Crippen molar-refractivity contribution < 1.29 is 14.4 Å². The summed E-state index contributed by atoms with van der Waals surface area (Å²) >= 11 is 0. The van der Waals surface area contributed by atoms with E-state index in [-0.39, 0.29) is 11.7 Å². The molecule has 5 nitrogen and oxygen atoms in total. The van der Waals surface area contributed by atoms with Crippen molar-refractivity contribution in [1.82, 2.24) is 5.16 Å². The first-order valence-electron chi connectivity index (χ1n) is 8.17. The fraction of sp³-hybridized carbons (Fsp3) is 0.474. The van der Waals surface area contributed by atoms with Crippen molar-refractivity contribution in [2.24, 2.45) is 5.92 Å². The lowest BCUT2D eigenvalue weighted by molar-refractivity contribution is -0.130. The number of nitrogens with zero attached hydrogens (tertiary/aromatic N) is 2. The third-order valence-electron chi connectivity index (χ3n) is 5.03. The Morgan fingerprint density at radius 1 is 1.33 bits per heavy atom. The molecule has 24 heavy (non-hydrogen) atoms. The quantitative estimate of drug-likeness (QED) is 0.938. The second-order valence-corrected chi connectivity index (χ2v) is 7.19. The first-order valence-corrected chi connectivity index (χ1v) is 8.17. The summed E-state index contributed by atoms with van der Waals surface area (Å²) in [6.07, 6.45) is 0.330. The highest BCUT2D eigenvalue weighted by Gasteiger charge is 2.49. The second kappa shape index (κ2) is 5.74. The Morgan fingerprint density at radius 3 is 2.50 bits per heavy atom. The molecule has 0 unspecified atom stereocenters. The van der Waals surface area contributed by atoms with E-state index in [2.05, 4.69) is 5.16 Å². The van der Waals surface area contributed by atoms with Gasteiger partial charge < -0.3 is 14.5 Å². The lowest BCUT2D eigenvalue weighted by atomic mass is 9.64. The maximum absolute atomic E-state index is 12.4. The zero-order valence-corrected chi connectivity index (χ0v) is 14.8. The standard InChI is InChI=1S/C19H24N2O3/c1-11(22)18-17(13-6-8-14(9-7-13)21(4)5)16-12(2)24-20-15(16)10-19(18,3)23/h6-9,17-18,23H,10H2,1-5H3/t17-,18-,19-/m0/s1. The maximum Gasteiger partial charge on any atom is 0.137 e. The first kappa shape index (κ1) is 16.7. The van der Waals surface area contributed by atoms with E-state index < -0.39 is 11.5 Å². The van der Waals surface area contributed by atoms with Crippen LogP contribution < -0.4 is 4.90 Å². The minimum Gasteiger partial charge on any atom is -0.389 e. The third-order valence-corrected chi connectivity index (χ3v) is 5.03. The van der Waals surface area contributed by atoms with Crippen LogP contribution in [-0.2, 0) is 11.2 Å². The van der Waals surface area contributed by atoms with Gasteiger partial charge in [0.15, 0.2) is 0 Å². The number of hydrogen-bond acceptors (Lipinski definition) is 5. The number of aromatic nitrogens is 1. The Labute approximate surface area is 142 Å². The molecule has 1 aliphatic rings. The minimum absolute atomic E-state index is 0.0204. The number of benzene rings is 1. The van der Waals surface area contributed by atoms with Crippen molar-refractivity contribution in [3.05, 3.63) is 46.8 Å². The highest BCUT2D eigenvalue weighted by atomic mass is 16.5. The zero-order chi connectivity index (χ0) is 17.6. The van der Waals surface area contributed by atoms with Crippen molar-refractivity contribution in [3.8, 4) is 0 Å². The first-order chi connectivity index (χ1) is 11.2. The van der Waals surface area contributed by atoms with Crippen LogP contribution in [0.4, 0.5) is 5.69 Å². The lowest BCUT2D eigenvalue weighted by Crippen LogP contribution is -2.48. The summed E-state index contributed by atoms with van der Waals surface area (Å²) in [4.78, 5) is 14.4. The van der Waals surface area contributed by atoms with E-state index in [9.17, 15) is 9.90 Å². The van der Waals surface area contributed by atoms with E-state index in [0.29, 0.717) is 12.2 Å². The van der Waals surface area contributed by atoms with Crippen LogP contribution in [0.15, 0.2) is 28.8 Å². The van der Waals surface area contributed by atoms with Crippen LogP contribution in [0, 0.1) is 12.8 Å². The summed E-state index contributed by atoms with van der Waals surface area (Å²) in [6, 6.07) is 8.10. The lowest BCUT2D eigenvalue weighted by Gasteiger charge is -2.40. The Hall–Kier alpha value is -2.14. The molecule has 0 amide bonds. The van der Waals surface area contributed by atoms with Crippen LogP contribution in [0.25, 0.3) is 0 Å². The van der Waals surface area contributed by atoms with E-state index >= 15 is 0 Å². The molecule has 3 atom stereocenters. The van der Waals surface area contributed by atoms with Gasteiger partial charge in [-0.2, -0.15) is 0 Å². The van der Waals surface area contributed by atoms with Gasteiger partial charge in [-0.1, -0.05) is 17.3 Å². The third kappa shape index (κ3) is 2.63. The van der Waals surface area contributed by atoms with Crippen molar-refractivity contribution in [1.29, 1.82) is 0 Å². The number of carbonyl (C=O) groups is 1. The van der Waals surface area contributed by atoms with Gasteiger partial charge in [-0.25, -0.2) is 0 Å². The predicted molar refractivity (Wildman–Crippen MR) is 92.4 cm³/mol. The number of rotatable bonds is 3. The number of anilines is 1. The van der Waals surface area contributed by atoms with Crippen LogP contribution in [0.5, 0.6) is 0 Å². The van der Waals surface area contributed by atoms with Crippen LogP contribution in [-0.4, -0.2) is 35.7 Å². The molecule has 2 aromatic rings. The van der Waals surface area contributed by atoms with Gasteiger partial charge in [0, 0.05) is 37.7 Å². The molecule has 0 spiro atoms. The maximum atomic E-state index is 12.4. The SMILES string of the molecule is CC(=O)[C@H]1[C@@H](c2ccc(N(C)C)cc2)c2c(noc2C)C[C@]1(C)O. The summed E-state index contributed by atoms with van der Waals surface area (Å²) in [5.74, 6) is -0.0709. The Kier molecular flexibility index (Phi) is 4.00. The molecule has 1 aromatic heterocycles. The number of aliphatic hydroxyl groups is 1. The summed E-state index contributed by atoms with van der Waals surface area (Å²) in [5, 5.41) is 15.0. The van der Waals surface area contributed by atoms with Gasteiger partial charge in [0.05, 0.1) is 17.2 Å². The van der Waals surface area contributed by atoms with Crippen LogP contribution in [0.3, 0.4) is 0 Å². The molecule has 128 valence electrons. The number of carbonyl (C=O) groups excluding carboxylic acids is 1. The summed E-state index contributed by atoms with van der Waals surface area (Å²) in [5.41, 5.74) is 2.62. The van der Waals surface area contributed by atoms with Gasteiger partial charge in [-0.3, -0.25) is 4.79 Å². The fourth-order valence-corrected chi connectivity index (χ4v) is 3.94. The van der Waals surface area contributed by atoms with Gasteiger partial charge in [-0.15, -0.1) is 0 Å². The zero-order valence-electron chi connectivity index (χ0n) is 14.8. The molecule has 1 heterocycles. The smallest absolute Gasteiger partial charge is 0.137 e. The van der Waals surface area contributed by atoms with Gasteiger partial charge in [0.2, 0.25) is 0 Å². The van der Waals surface area contributed by atoms with E-state index in [0.717, 1.165) is 22.5 Å². The van der Waals surface area contributed by atoms with E-state index in [1.165, 1.54) is 0 Å². The number of aryl methyl sites for hydroxylation is 1. The van der Waals surface area contributed by atoms with Crippen molar-refractivity contribution in [2.75, 3.05) is 19.0 Å². The van der Waals surface area contributed by atoms with Crippen LogP contribution >= 0.6 is 0 Å². The molecular formula is C19H24N2O3. The van der Waals surface area contributed by atoms with E-state index in [4.69, 9.17) is 4.52 Å². The topological polar surface area (TPSA) is 66.6 Å². The Morgan fingerprint density at radius 2 is 1.96 bits per heavy atom. The molecule has 0 radical (unpaired) electrons. The van der Waals surface area contributed by atoms with E-state index in [1.54, 1.807) is 13.8 Å². The second-order valence-electron chi connectivity index (χ2n) is 7.19. The average molecular weight is 328 g/mol. The largest absolute Gasteiger partial charge is 0.389 e. The average Bonchev–Trinajstić information content (AvgIpc) is 2.85. The molecule has 0 fully saturated rings.